The fraction of sp³-hybridized carbons (Fsp3) is 0.235. The van der Waals surface area contributed by atoms with Crippen molar-refractivity contribution in [1.82, 2.24) is 5.32 Å². The summed E-state index contributed by atoms with van der Waals surface area (Å²) in [6.07, 6.45) is 0.520. The fourth-order valence-corrected chi connectivity index (χ4v) is 2.82. The second-order valence-electron chi connectivity index (χ2n) is 5.45. The number of aromatic hydroxyl groups is 1. The van der Waals surface area contributed by atoms with Crippen LogP contribution < -0.4 is 5.32 Å². The van der Waals surface area contributed by atoms with Gasteiger partial charge in [0.2, 0.25) is 0 Å². The first-order valence-corrected chi connectivity index (χ1v) is 7.93. The molecule has 120 valence electrons. The number of nitrogens with one attached hydrogen (secondary N) is 1. The molecule has 1 aliphatic heterocycles. The van der Waals surface area contributed by atoms with Crippen molar-refractivity contribution in [3.63, 3.8) is 0 Å². The van der Waals surface area contributed by atoms with E-state index in [1.165, 1.54) is 0 Å². The van der Waals surface area contributed by atoms with E-state index in [4.69, 9.17) is 27.9 Å². The molecule has 0 saturated carbocycles. The van der Waals surface area contributed by atoms with Crippen LogP contribution in [0, 0.1) is 0 Å². The highest BCUT2D eigenvalue weighted by Crippen LogP contribution is 2.31. The van der Waals surface area contributed by atoms with Crippen molar-refractivity contribution in [2.75, 3.05) is 13.2 Å². The summed E-state index contributed by atoms with van der Waals surface area (Å²) in [5, 5.41) is 13.7. The molecule has 0 atom stereocenters. The van der Waals surface area contributed by atoms with Gasteiger partial charge in [-0.1, -0.05) is 41.4 Å². The van der Waals surface area contributed by atoms with Crippen LogP contribution in [0.5, 0.6) is 5.75 Å². The quantitative estimate of drug-likeness (QED) is 0.887. The molecule has 1 amide bonds. The molecule has 6 heteroatoms. The van der Waals surface area contributed by atoms with Crippen molar-refractivity contribution >= 4 is 29.1 Å². The molecule has 1 aliphatic rings. The van der Waals surface area contributed by atoms with Crippen molar-refractivity contribution in [2.24, 2.45) is 0 Å². The number of carbonyl (C=O) groups excluding carboxylic acids is 1. The van der Waals surface area contributed by atoms with Gasteiger partial charge in [-0.15, -0.1) is 0 Å². The Morgan fingerprint density at radius 1 is 1.22 bits per heavy atom. The van der Waals surface area contributed by atoms with E-state index in [1.54, 1.807) is 12.1 Å². The second-order valence-corrected chi connectivity index (χ2v) is 6.26. The van der Waals surface area contributed by atoms with Gasteiger partial charge in [0.15, 0.2) is 0 Å². The van der Waals surface area contributed by atoms with E-state index in [1.807, 2.05) is 24.3 Å². The number of phenolic OH excluding ortho intramolecular Hbond substituents is 1. The van der Waals surface area contributed by atoms with Gasteiger partial charge in [-0.05, 0) is 35.7 Å². The van der Waals surface area contributed by atoms with Crippen LogP contribution in [0.4, 0.5) is 0 Å². The molecule has 0 spiro atoms. The zero-order chi connectivity index (χ0) is 16.4. The number of halogens is 2. The van der Waals surface area contributed by atoms with Gasteiger partial charge < -0.3 is 15.2 Å². The van der Waals surface area contributed by atoms with Gasteiger partial charge in [0.25, 0.3) is 5.91 Å². The molecule has 0 radical (unpaired) electrons. The Bertz CT molecular complexity index is 745. The standard InChI is InChI=1S/C17H15Cl2NO3/c18-14-4-2-1-3-11(14)5-10-6-13(16(21)15(19)7-10)17(22)20-12-8-23-9-12/h1-4,6-7,12,21H,5,8-9H2,(H,20,22). The predicted molar refractivity (Wildman–Crippen MR) is 89.4 cm³/mol. The van der Waals surface area contributed by atoms with Crippen molar-refractivity contribution in [1.29, 1.82) is 0 Å². The molecular formula is C17H15Cl2NO3. The third kappa shape index (κ3) is 3.61. The molecule has 0 aromatic heterocycles. The molecule has 1 fully saturated rings. The zero-order valence-electron chi connectivity index (χ0n) is 12.2. The molecule has 0 unspecified atom stereocenters. The molecule has 2 N–H and O–H groups in total. The van der Waals surface area contributed by atoms with E-state index in [9.17, 15) is 9.90 Å². The number of carbonyl (C=O) groups is 1. The van der Waals surface area contributed by atoms with Crippen LogP contribution in [0.15, 0.2) is 36.4 Å². The fourth-order valence-electron chi connectivity index (χ4n) is 2.37. The normalized spacial score (nSPS) is 14.3. The summed E-state index contributed by atoms with van der Waals surface area (Å²) in [5.41, 5.74) is 1.89. The van der Waals surface area contributed by atoms with Crippen LogP contribution in [-0.2, 0) is 11.2 Å². The minimum Gasteiger partial charge on any atom is -0.506 e. The molecule has 0 bridgehead atoms. The predicted octanol–water partition coefficient (Wildman–Crippen LogP) is 3.42. The lowest BCUT2D eigenvalue weighted by molar-refractivity contribution is -0.00350. The van der Waals surface area contributed by atoms with Crippen LogP contribution in [0.2, 0.25) is 10.0 Å². The van der Waals surface area contributed by atoms with Crippen LogP contribution in [0.1, 0.15) is 21.5 Å². The van der Waals surface area contributed by atoms with E-state index < -0.39 is 0 Å². The topological polar surface area (TPSA) is 58.6 Å². The summed E-state index contributed by atoms with van der Waals surface area (Å²) >= 11 is 12.2. The Balaban J connectivity index is 1.87. The molecule has 1 heterocycles. The number of rotatable bonds is 4. The monoisotopic (exact) mass is 351 g/mol. The lowest BCUT2D eigenvalue weighted by atomic mass is 10.0. The van der Waals surface area contributed by atoms with Crippen LogP contribution in [0.3, 0.4) is 0 Å². The summed E-state index contributed by atoms with van der Waals surface area (Å²) < 4.78 is 5.02. The van der Waals surface area contributed by atoms with Crippen LogP contribution >= 0.6 is 23.2 Å². The summed E-state index contributed by atoms with van der Waals surface area (Å²) in [4.78, 5) is 12.3. The van der Waals surface area contributed by atoms with Gasteiger partial charge in [-0.2, -0.15) is 0 Å². The highest BCUT2D eigenvalue weighted by atomic mass is 35.5. The first kappa shape index (κ1) is 16.1. The van der Waals surface area contributed by atoms with Gasteiger partial charge in [0, 0.05) is 5.02 Å². The first-order valence-electron chi connectivity index (χ1n) is 7.18. The maximum atomic E-state index is 12.3. The number of phenols is 1. The average Bonchev–Trinajstić information content (AvgIpc) is 2.48. The maximum absolute atomic E-state index is 12.3. The molecule has 2 aromatic carbocycles. The Morgan fingerprint density at radius 3 is 2.61 bits per heavy atom. The summed E-state index contributed by atoms with van der Waals surface area (Å²) in [6, 6.07) is 10.7. The Morgan fingerprint density at radius 2 is 1.96 bits per heavy atom. The van der Waals surface area contributed by atoms with Gasteiger partial charge in [-0.3, -0.25) is 4.79 Å². The minimum absolute atomic E-state index is 0.0205. The Labute approximate surface area is 144 Å². The maximum Gasteiger partial charge on any atom is 0.255 e. The Hall–Kier alpha value is -1.75. The van der Waals surface area contributed by atoms with Crippen LogP contribution in [0.25, 0.3) is 0 Å². The number of ether oxygens (including phenoxy) is 1. The largest absolute Gasteiger partial charge is 0.506 e. The third-order valence-electron chi connectivity index (χ3n) is 3.69. The van der Waals surface area contributed by atoms with E-state index in [0.29, 0.717) is 24.7 Å². The van der Waals surface area contributed by atoms with Gasteiger partial charge in [-0.25, -0.2) is 0 Å². The smallest absolute Gasteiger partial charge is 0.255 e. The van der Waals surface area contributed by atoms with Crippen molar-refractivity contribution in [2.45, 2.75) is 12.5 Å². The zero-order valence-corrected chi connectivity index (χ0v) is 13.7. The molecular weight excluding hydrogens is 337 g/mol. The van der Waals surface area contributed by atoms with E-state index in [-0.39, 0.29) is 28.3 Å². The lowest BCUT2D eigenvalue weighted by Gasteiger charge is -2.27. The van der Waals surface area contributed by atoms with Gasteiger partial charge in [0.05, 0.1) is 29.8 Å². The van der Waals surface area contributed by atoms with E-state index >= 15 is 0 Å². The average molecular weight is 352 g/mol. The number of benzene rings is 2. The van der Waals surface area contributed by atoms with E-state index in [0.717, 1.165) is 11.1 Å². The molecule has 2 aromatic rings. The minimum atomic E-state index is -0.362. The lowest BCUT2D eigenvalue weighted by Crippen LogP contribution is -2.48. The van der Waals surface area contributed by atoms with Crippen molar-refractivity contribution in [3.8, 4) is 5.75 Å². The second kappa shape index (κ2) is 6.79. The molecule has 4 nitrogen and oxygen atoms in total. The molecule has 0 aliphatic carbocycles. The summed E-state index contributed by atoms with van der Waals surface area (Å²) in [6.45, 7) is 0.971. The molecule has 1 saturated heterocycles. The van der Waals surface area contributed by atoms with E-state index in [2.05, 4.69) is 5.32 Å². The van der Waals surface area contributed by atoms with Crippen molar-refractivity contribution in [3.05, 3.63) is 63.1 Å². The first-order chi connectivity index (χ1) is 11.0. The highest BCUT2D eigenvalue weighted by molar-refractivity contribution is 6.33. The molecule has 23 heavy (non-hydrogen) atoms. The Kier molecular flexibility index (Phi) is 4.76. The van der Waals surface area contributed by atoms with Crippen LogP contribution in [-0.4, -0.2) is 30.3 Å². The highest BCUT2D eigenvalue weighted by Gasteiger charge is 2.23. The summed E-state index contributed by atoms with van der Waals surface area (Å²) in [5.74, 6) is -0.578. The number of amides is 1. The molecule has 3 rings (SSSR count). The third-order valence-corrected chi connectivity index (χ3v) is 4.35. The number of hydrogen-bond acceptors (Lipinski definition) is 3. The number of hydrogen-bond donors (Lipinski definition) is 2. The summed E-state index contributed by atoms with van der Waals surface area (Å²) in [7, 11) is 0. The SMILES string of the molecule is O=C(NC1COC1)c1cc(Cc2ccccc2Cl)cc(Cl)c1O. The van der Waals surface area contributed by atoms with Gasteiger partial charge >= 0.3 is 0 Å². The van der Waals surface area contributed by atoms with Crippen molar-refractivity contribution < 1.29 is 14.6 Å². The van der Waals surface area contributed by atoms with Gasteiger partial charge in [0.1, 0.15) is 5.75 Å².